The van der Waals surface area contributed by atoms with Gasteiger partial charge in [0.15, 0.2) is 11.5 Å². The fourth-order valence-electron chi connectivity index (χ4n) is 3.76. The van der Waals surface area contributed by atoms with E-state index in [0.717, 1.165) is 17.6 Å². The van der Waals surface area contributed by atoms with Gasteiger partial charge in [-0.2, -0.15) is 0 Å². The molecule has 0 bridgehead atoms. The lowest BCUT2D eigenvalue weighted by molar-refractivity contribution is -0.120. The van der Waals surface area contributed by atoms with Crippen molar-refractivity contribution in [2.24, 2.45) is 5.92 Å². The van der Waals surface area contributed by atoms with Gasteiger partial charge in [-0.1, -0.05) is 18.2 Å². The van der Waals surface area contributed by atoms with Gasteiger partial charge in [0.05, 0.1) is 21.3 Å². The van der Waals surface area contributed by atoms with Crippen molar-refractivity contribution >= 4 is 5.78 Å². The largest absolute Gasteiger partial charge is 0.493 e. The van der Waals surface area contributed by atoms with Gasteiger partial charge in [-0.15, -0.1) is 0 Å². The minimum absolute atomic E-state index is 0.126. The molecule has 0 saturated heterocycles. The van der Waals surface area contributed by atoms with Crippen molar-refractivity contribution in [3.05, 3.63) is 29.8 Å². The van der Waals surface area contributed by atoms with E-state index in [-0.39, 0.29) is 11.3 Å². The van der Waals surface area contributed by atoms with Crippen LogP contribution in [0.4, 0.5) is 0 Å². The topological polar surface area (TPSA) is 44.8 Å². The van der Waals surface area contributed by atoms with E-state index in [9.17, 15) is 4.79 Å². The second-order valence-corrected chi connectivity index (χ2v) is 5.67. The van der Waals surface area contributed by atoms with E-state index >= 15 is 0 Å². The number of allylic oxidation sites excluding steroid dienone is 1. The number of hydrogen-bond donors (Lipinski definition) is 0. The van der Waals surface area contributed by atoms with Gasteiger partial charge in [0.25, 0.3) is 0 Å². The predicted molar refractivity (Wildman–Crippen MR) is 79.3 cm³/mol. The minimum atomic E-state index is -0.126. The number of ketones is 1. The van der Waals surface area contributed by atoms with Crippen molar-refractivity contribution < 1.29 is 19.0 Å². The number of carbonyl (C=O) groups is 1. The monoisotopic (exact) mass is 288 g/mol. The minimum Gasteiger partial charge on any atom is -0.493 e. The average molecular weight is 288 g/mol. The summed E-state index contributed by atoms with van der Waals surface area (Å²) in [6.45, 7) is 4.19. The molecule has 0 amide bonds. The first-order valence-corrected chi connectivity index (χ1v) is 7.10. The maximum absolute atomic E-state index is 11.7. The highest BCUT2D eigenvalue weighted by Gasteiger charge is 2.62. The Balaban J connectivity index is 2.12. The van der Waals surface area contributed by atoms with E-state index in [4.69, 9.17) is 14.2 Å². The van der Waals surface area contributed by atoms with Crippen LogP contribution in [0.1, 0.15) is 24.8 Å². The molecule has 2 aliphatic carbocycles. The molecule has 0 heterocycles. The quantitative estimate of drug-likeness (QED) is 0.799. The zero-order chi connectivity index (χ0) is 15.2. The SMILES string of the molecule is C=C1C2CC(=O)CCC12c1ccc(OC)c(OC)c1OC. The van der Waals surface area contributed by atoms with Gasteiger partial charge in [-0.25, -0.2) is 0 Å². The third-order valence-corrected chi connectivity index (χ3v) is 4.92. The number of hydrogen-bond acceptors (Lipinski definition) is 4. The summed E-state index contributed by atoms with van der Waals surface area (Å²) in [4.78, 5) is 11.7. The normalized spacial score (nSPS) is 27.1. The van der Waals surface area contributed by atoms with Crippen molar-refractivity contribution in [3.8, 4) is 17.2 Å². The molecule has 2 fully saturated rings. The summed E-state index contributed by atoms with van der Waals surface area (Å²) in [5.74, 6) is 2.50. The Kier molecular flexibility index (Phi) is 3.19. The Morgan fingerprint density at radius 3 is 2.43 bits per heavy atom. The van der Waals surface area contributed by atoms with E-state index < -0.39 is 0 Å². The lowest BCUT2D eigenvalue weighted by atomic mass is 9.81. The highest BCUT2D eigenvalue weighted by molar-refractivity contribution is 5.84. The first-order chi connectivity index (χ1) is 10.1. The Hall–Kier alpha value is -1.97. The molecule has 4 nitrogen and oxygen atoms in total. The van der Waals surface area contributed by atoms with Gasteiger partial charge >= 0.3 is 0 Å². The smallest absolute Gasteiger partial charge is 0.203 e. The van der Waals surface area contributed by atoms with Crippen molar-refractivity contribution in [2.45, 2.75) is 24.7 Å². The molecule has 4 heteroatoms. The van der Waals surface area contributed by atoms with Crippen LogP contribution in [0.3, 0.4) is 0 Å². The summed E-state index contributed by atoms with van der Waals surface area (Å²) in [5.41, 5.74) is 2.07. The summed E-state index contributed by atoms with van der Waals surface area (Å²) in [6, 6.07) is 3.91. The van der Waals surface area contributed by atoms with Crippen LogP contribution in [0.15, 0.2) is 24.3 Å². The molecule has 1 aromatic carbocycles. The zero-order valence-corrected chi connectivity index (χ0v) is 12.7. The number of rotatable bonds is 4. The maximum Gasteiger partial charge on any atom is 0.203 e. The molecule has 0 N–H and O–H groups in total. The second-order valence-electron chi connectivity index (χ2n) is 5.67. The van der Waals surface area contributed by atoms with Gasteiger partial charge in [-0.3, -0.25) is 4.79 Å². The number of fused-ring (bicyclic) bond motifs is 1. The van der Waals surface area contributed by atoms with Crippen molar-refractivity contribution in [3.63, 3.8) is 0 Å². The van der Waals surface area contributed by atoms with Crippen LogP contribution in [0, 0.1) is 5.92 Å². The molecule has 0 radical (unpaired) electrons. The molecule has 0 spiro atoms. The van der Waals surface area contributed by atoms with Gasteiger partial charge < -0.3 is 14.2 Å². The summed E-state index contributed by atoms with van der Waals surface area (Å²) < 4.78 is 16.4. The number of ether oxygens (including phenoxy) is 3. The third-order valence-electron chi connectivity index (χ3n) is 4.92. The lowest BCUT2D eigenvalue weighted by Crippen LogP contribution is -2.20. The molecule has 112 valence electrons. The van der Waals surface area contributed by atoms with Crippen LogP contribution >= 0.6 is 0 Å². The molecule has 2 atom stereocenters. The highest BCUT2D eigenvalue weighted by Crippen LogP contribution is 2.68. The predicted octanol–water partition coefficient (Wildman–Crippen LogP) is 2.89. The highest BCUT2D eigenvalue weighted by atomic mass is 16.5. The maximum atomic E-state index is 11.7. The molecule has 0 aromatic heterocycles. The average Bonchev–Trinajstić information content (AvgIpc) is 3.10. The molecule has 2 unspecified atom stereocenters. The van der Waals surface area contributed by atoms with E-state index in [0.29, 0.717) is 35.9 Å². The molecule has 21 heavy (non-hydrogen) atoms. The van der Waals surface area contributed by atoms with Gasteiger partial charge in [0.1, 0.15) is 5.78 Å². The Labute approximate surface area is 124 Å². The van der Waals surface area contributed by atoms with Crippen molar-refractivity contribution in [2.75, 3.05) is 21.3 Å². The number of methoxy groups -OCH3 is 3. The lowest BCUT2D eigenvalue weighted by Gasteiger charge is -2.25. The Bertz CT molecular complexity index is 619. The van der Waals surface area contributed by atoms with E-state index in [1.807, 2.05) is 12.1 Å². The summed E-state index contributed by atoms with van der Waals surface area (Å²) >= 11 is 0. The van der Waals surface area contributed by atoms with Crippen molar-refractivity contribution in [1.82, 2.24) is 0 Å². The van der Waals surface area contributed by atoms with E-state index in [2.05, 4.69) is 6.58 Å². The number of benzene rings is 1. The molecule has 3 rings (SSSR count). The van der Waals surface area contributed by atoms with Crippen LogP contribution in [0.5, 0.6) is 17.2 Å². The van der Waals surface area contributed by atoms with Crippen LogP contribution in [0.2, 0.25) is 0 Å². The van der Waals surface area contributed by atoms with Gasteiger partial charge in [0, 0.05) is 29.7 Å². The van der Waals surface area contributed by atoms with Crippen LogP contribution in [-0.4, -0.2) is 27.1 Å². The summed E-state index contributed by atoms with van der Waals surface area (Å²) in [7, 11) is 4.84. The van der Waals surface area contributed by atoms with E-state index in [1.54, 1.807) is 21.3 Å². The van der Waals surface area contributed by atoms with E-state index in [1.165, 1.54) is 0 Å². The van der Waals surface area contributed by atoms with Crippen LogP contribution < -0.4 is 14.2 Å². The molecule has 2 aliphatic rings. The molecule has 0 aliphatic heterocycles. The first-order valence-electron chi connectivity index (χ1n) is 7.10. The zero-order valence-electron chi connectivity index (χ0n) is 12.7. The summed E-state index contributed by atoms with van der Waals surface area (Å²) in [5, 5.41) is 0. The fourth-order valence-corrected chi connectivity index (χ4v) is 3.76. The third kappa shape index (κ3) is 1.78. The van der Waals surface area contributed by atoms with Gasteiger partial charge in [0.2, 0.25) is 5.75 Å². The number of carbonyl (C=O) groups excluding carboxylic acids is 1. The Morgan fingerprint density at radius 2 is 1.86 bits per heavy atom. The molecular formula is C17H20O4. The number of Topliss-reactive ketones (excluding diaryl/α,β-unsaturated/α-hetero) is 1. The molecular weight excluding hydrogens is 268 g/mol. The first kappa shape index (κ1) is 14.0. The fraction of sp³-hybridized carbons (Fsp3) is 0.471. The van der Waals surface area contributed by atoms with Crippen LogP contribution in [0.25, 0.3) is 0 Å². The van der Waals surface area contributed by atoms with Gasteiger partial charge in [-0.05, 0) is 12.5 Å². The second kappa shape index (κ2) is 4.79. The Morgan fingerprint density at radius 1 is 1.14 bits per heavy atom. The molecule has 2 saturated carbocycles. The molecule has 1 aromatic rings. The summed E-state index contributed by atoms with van der Waals surface area (Å²) in [6.07, 6.45) is 2.00. The van der Waals surface area contributed by atoms with Crippen LogP contribution in [-0.2, 0) is 10.2 Å². The standard InChI is InChI=1S/C17H20O4/c1-10-13-9-11(18)7-8-17(10,13)12-5-6-14(19-2)16(21-4)15(12)20-3/h5-6,13H,1,7-9H2,2-4H3. The van der Waals surface area contributed by atoms with Crippen molar-refractivity contribution in [1.29, 1.82) is 0 Å².